The molecule has 1 amide bonds. The third-order valence-electron chi connectivity index (χ3n) is 5.15. The second kappa shape index (κ2) is 8.48. The summed E-state index contributed by atoms with van der Waals surface area (Å²) in [7, 11) is 0. The van der Waals surface area contributed by atoms with E-state index in [4.69, 9.17) is 5.73 Å². The summed E-state index contributed by atoms with van der Waals surface area (Å²) in [5.74, 6) is -0.992. The minimum absolute atomic E-state index is 0.0837. The van der Waals surface area contributed by atoms with Gasteiger partial charge < -0.3 is 10.6 Å². The van der Waals surface area contributed by atoms with Gasteiger partial charge in [-0.3, -0.25) is 9.69 Å². The number of carbonyl (C=O) groups is 1. The van der Waals surface area contributed by atoms with Crippen LogP contribution in [0.2, 0.25) is 0 Å². The average Bonchev–Trinajstić information content (AvgIpc) is 2.66. The Morgan fingerprint density at radius 1 is 1.07 bits per heavy atom. The highest BCUT2D eigenvalue weighted by Gasteiger charge is 2.27. The summed E-state index contributed by atoms with van der Waals surface area (Å²) >= 11 is 0. The number of halogens is 2. The SMILES string of the molecule is CCC(c1ccc(F)cc1F)N1CCN(C(=O)Cc2ccc(N)cc2)CC1. The molecule has 144 valence electrons. The molecular weight excluding hydrogens is 348 g/mol. The van der Waals surface area contributed by atoms with Crippen molar-refractivity contribution in [3.05, 3.63) is 65.2 Å². The number of rotatable bonds is 5. The Morgan fingerprint density at radius 2 is 1.74 bits per heavy atom. The molecule has 2 N–H and O–H groups in total. The molecule has 0 radical (unpaired) electrons. The lowest BCUT2D eigenvalue weighted by atomic mass is 10.0. The number of nitrogen functional groups attached to an aromatic ring is 1. The van der Waals surface area contributed by atoms with Crippen LogP contribution < -0.4 is 5.73 Å². The number of anilines is 1. The fourth-order valence-electron chi connectivity index (χ4n) is 3.65. The Balaban J connectivity index is 1.60. The molecule has 1 atom stereocenters. The van der Waals surface area contributed by atoms with Crippen LogP contribution in [0, 0.1) is 11.6 Å². The Labute approximate surface area is 158 Å². The summed E-state index contributed by atoms with van der Waals surface area (Å²) in [5, 5.41) is 0. The third-order valence-corrected chi connectivity index (χ3v) is 5.15. The molecule has 1 heterocycles. The molecule has 1 saturated heterocycles. The van der Waals surface area contributed by atoms with E-state index in [1.54, 1.807) is 12.1 Å². The van der Waals surface area contributed by atoms with E-state index < -0.39 is 11.6 Å². The van der Waals surface area contributed by atoms with E-state index in [1.165, 1.54) is 12.1 Å². The molecule has 0 aromatic heterocycles. The first-order valence-electron chi connectivity index (χ1n) is 9.29. The Hall–Kier alpha value is -2.47. The van der Waals surface area contributed by atoms with Gasteiger partial charge in [0.1, 0.15) is 11.6 Å². The first-order valence-corrected chi connectivity index (χ1v) is 9.29. The van der Waals surface area contributed by atoms with Crippen LogP contribution in [0.5, 0.6) is 0 Å². The number of nitrogens with zero attached hydrogens (tertiary/aromatic N) is 2. The Bertz CT molecular complexity index is 787. The minimum atomic E-state index is -0.566. The normalized spacial score (nSPS) is 16.3. The predicted molar refractivity (Wildman–Crippen MR) is 102 cm³/mol. The second-order valence-electron chi connectivity index (χ2n) is 6.92. The van der Waals surface area contributed by atoms with Gasteiger partial charge >= 0.3 is 0 Å². The highest BCUT2D eigenvalue weighted by atomic mass is 19.1. The number of hydrogen-bond acceptors (Lipinski definition) is 3. The monoisotopic (exact) mass is 373 g/mol. The summed E-state index contributed by atoms with van der Waals surface area (Å²) in [6.45, 7) is 4.54. The number of benzene rings is 2. The summed E-state index contributed by atoms with van der Waals surface area (Å²) < 4.78 is 27.4. The molecule has 1 aliphatic heterocycles. The molecule has 0 bridgehead atoms. The van der Waals surface area contributed by atoms with Gasteiger partial charge in [-0.15, -0.1) is 0 Å². The number of piperazine rings is 1. The summed E-state index contributed by atoms with van der Waals surface area (Å²) in [4.78, 5) is 16.6. The molecule has 1 aliphatic rings. The van der Waals surface area contributed by atoms with Crippen LogP contribution in [0.4, 0.5) is 14.5 Å². The van der Waals surface area contributed by atoms with E-state index in [9.17, 15) is 13.6 Å². The maximum atomic E-state index is 14.2. The molecule has 6 heteroatoms. The smallest absolute Gasteiger partial charge is 0.227 e. The van der Waals surface area contributed by atoms with E-state index in [1.807, 2.05) is 24.0 Å². The molecule has 1 fully saturated rings. The minimum Gasteiger partial charge on any atom is -0.399 e. The van der Waals surface area contributed by atoms with Gasteiger partial charge in [-0.05, 0) is 30.2 Å². The first kappa shape index (κ1) is 19.3. The third kappa shape index (κ3) is 4.63. The van der Waals surface area contributed by atoms with Gasteiger partial charge in [-0.1, -0.05) is 25.1 Å². The van der Waals surface area contributed by atoms with Crippen molar-refractivity contribution in [1.82, 2.24) is 9.80 Å². The predicted octanol–water partition coefficient (Wildman–Crippen LogP) is 3.39. The fraction of sp³-hybridized carbons (Fsp3) is 0.381. The van der Waals surface area contributed by atoms with Crippen molar-refractivity contribution in [2.75, 3.05) is 31.9 Å². The zero-order valence-electron chi connectivity index (χ0n) is 15.5. The van der Waals surface area contributed by atoms with Gasteiger partial charge in [0.05, 0.1) is 6.42 Å². The van der Waals surface area contributed by atoms with Gasteiger partial charge in [-0.25, -0.2) is 8.78 Å². The fourth-order valence-corrected chi connectivity index (χ4v) is 3.65. The standard InChI is InChI=1S/C21H25F2N3O/c1-2-20(18-8-5-16(22)14-19(18)23)25-9-11-26(12-10-25)21(27)13-15-3-6-17(24)7-4-15/h3-8,14,20H,2,9-13,24H2,1H3. The van der Waals surface area contributed by atoms with Crippen molar-refractivity contribution in [3.8, 4) is 0 Å². The van der Waals surface area contributed by atoms with E-state index in [0.717, 1.165) is 18.1 Å². The molecule has 2 aromatic rings. The van der Waals surface area contributed by atoms with Gasteiger partial charge in [-0.2, -0.15) is 0 Å². The number of amides is 1. The van der Waals surface area contributed by atoms with Crippen molar-refractivity contribution in [2.24, 2.45) is 0 Å². The van der Waals surface area contributed by atoms with Crippen LogP contribution in [0.15, 0.2) is 42.5 Å². The van der Waals surface area contributed by atoms with Gasteiger partial charge in [0.25, 0.3) is 0 Å². The number of hydrogen-bond donors (Lipinski definition) is 1. The zero-order valence-corrected chi connectivity index (χ0v) is 15.5. The summed E-state index contributed by atoms with van der Waals surface area (Å²) in [6.07, 6.45) is 1.08. The molecule has 4 nitrogen and oxygen atoms in total. The van der Waals surface area contributed by atoms with Crippen LogP contribution in [-0.4, -0.2) is 41.9 Å². The molecule has 0 aliphatic carbocycles. The molecule has 2 aromatic carbocycles. The lowest BCUT2D eigenvalue weighted by Crippen LogP contribution is -2.50. The molecule has 1 unspecified atom stereocenters. The maximum Gasteiger partial charge on any atom is 0.227 e. The van der Waals surface area contributed by atoms with Crippen LogP contribution >= 0.6 is 0 Å². The average molecular weight is 373 g/mol. The Kier molecular flexibility index (Phi) is 6.06. The molecule has 3 rings (SSSR count). The molecule has 0 saturated carbocycles. The Morgan fingerprint density at radius 3 is 2.33 bits per heavy atom. The van der Waals surface area contributed by atoms with E-state index in [-0.39, 0.29) is 11.9 Å². The van der Waals surface area contributed by atoms with Crippen LogP contribution in [0.25, 0.3) is 0 Å². The van der Waals surface area contributed by atoms with E-state index in [2.05, 4.69) is 4.90 Å². The maximum absolute atomic E-state index is 14.2. The number of carbonyl (C=O) groups excluding carboxylic acids is 1. The zero-order chi connectivity index (χ0) is 19.4. The van der Waals surface area contributed by atoms with Crippen molar-refractivity contribution in [1.29, 1.82) is 0 Å². The van der Waals surface area contributed by atoms with Crippen LogP contribution in [0.3, 0.4) is 0 Å². The largest absolute Gasteiger partial charge is 0.399 e. The van der Waals surface area contributed by atoms with E-state index in [0.29, 0.717) is 43.9 Å². The highest BCUT2D eigenvalue weighted by molar-refractivity contribution is 5.79. The summed E-state index contributed by atoms with van der Waals surface area (Å²) in [5.41, 5.74) is 7.81. The quantitative estimate of drug-likeness (QED) is 0.818. The molecule has 27 heavy (non-hydrogen) atoms. The van der Waals surface area contributed by atoms with Crippen molar-refractivity contribution in [3.63, 3.8) is 0 Å². The van der Waals surface area contributed by atoms with Crippen molar-refractivity contribution >= 4 is 11.6 Å². The summed E-state index contributed by atoms with van der Waals surface area (Å²) in [6, 6.07) is 11.0. The van der Waals surface area contributed by atoms with Crippen molar-refractivity contribution < 1.29 is 13.6 Å². The lowest BCUT2D eigenvalue weighted by Gasteiger charge is -2.39. The van der Waals surface area contributed by atoms with E-state index >= 15 is 0 Å². The second-order valence-corrected chi connectivity index (χ2v) is 6.92. The highest BCUT2D eigenvalue weighted by Crippen LogP contribution is 2.28. The van der Waals surface area contributed by atoms with Gasteiger partial charge in [0.2, 0.25) is 5.91 Å². The first-order chi connectivity index (χ1) is 13.0. The molecule has 0 spiro atoms. The van der Waals surface area contributed by atoms with Gasteiger partial charge in [0.15, 0.2) is 0 Å². The number of nitrogens with two attached hydrogens (primary N) is 1. The molecular formula is C21H25F2N3O. The van der Waals surface area contributed by atoms with Gasteiger partial charge in [0, 0.05) is 49.5 Å². The van der Waals surface area contributed by atoms with Crippen LogP contribution in [0.1, 0.15) is 30.5 Å². The lowest BCUT2D eigenvalue weighted by molar-refractivity contribution is -0.132. The van der Waals surface area contributed by atoms with Crippen LogP contribution in [-0.2, 0) is 11.2 Å². The topological polar surface area (TPSA) is 49.6 Å². The van der Waals surface area contributed by atoms with Crippen molar-refractivity contribution in [2.45, 2.75) is 25.8 Å².